The smallest absolute Gasteiger partial charge is 0.358 e. The molecule has 2 aromatic carbocycles. The molecule has 0 spiro atoms. The van der Waals surface area contributed by atoms with Crippen molar-refractivity contribution in [3.63, 3.8) is 0 Å². The topological polar surface area (TPSA) is 61.0 Å². The molecule has 6 heteroatoms. The van der Waals surface area contributed by atoms with Crippen molar-refractivity contribution in [2.45, 2.75) is 10.6 Å². The van der Waals surface area contributed by atoms with Gasteiger partial charge in [-0.05, 0) is 22.6 Å². The third kappa shape index (κ3) is 3.17. The quantitative estimate of drug-likeness (QED) is 0.405. The molecular formula is C16H13N3O2S. The van der Waals surface area contributed by atoms with Gasteiger partial charge in [0.2, 0.25) is 0 Å². The molecule has 22 heavy (non-hydrogen) atoms. The monoisotopic (exact) mass is 311 g/mol. The van der Waals surface area contributed by atoms with Gasteiger partial charge in [0.05, 0.1) is 17.0 Å². The van der Waals surface area contributed by atoms with Gasteiger partial charge in [-0.15, -0.1) is 16.4 Å². The first-order valence-corrected chi connectivity index (χ1v) is 7.69. The van der Waals surface area contributed by atoms with Crippen molar-refractivity contribution in [2.75, 3.05) is 0 Å². The van der Waals surface area contributed by atoms with Crippen LogP contribution in [0.3, 0.4) is 0 Å². The van der Waals surface area contributed by atoms with Crippen molar-refractivity contribution in [1.82, 2.24) is 9.78 Å². The van der Waals surface area contributed by atoms with Gasteiger partial charge in [0.25, 0.3) is 0 Å². The average Bonchev–Trinajstić information content (AvgIpc) is 2.99. The molecule has 1 heterocycles. The minimum Gasteiger partial charge on any atom is -0.358 e. The highest BCUT2D eigenvalue weighted by molar-refractivity contribution is 7.98. The molecule has 0 unspecified atom stereocenters. The predicted molar refractivity (Wildman–Crippen MR) is 86.2 cm³/mol. The van der Waals surface area contributed by atoms with E-state index < -0.39 is 4.92 Å². The van der Waals surface area contributed by atoms with Gasteiger partial charge in [-0.2, -0.15) is 0 Å². The van der Waals surface area contributed by atoms with Crippen LogP contribution in [0.25, 0.3) is 5.69 Å². The largest absolute Gasteiger partial charge is 0.404 e. The highest BCUT2D eigenvalue weighted by Crippen LogP contribution is 2.31. The Kier molecular flexibility index (Phi) is 4.20. The second-order valence-electron chi connectivity index (χ2n) is 4.63. The molecule has 0 saturated heterocycles. The summed E-state index contributed by atoms with van der Waals surface area (Å²) < 4.78 is 1.55. The highest BCUT2D eigenvalue weighted by atomic mass is 32.2. The summed E-state index contributed by atoms with van der Waals surface area (Å²) in [6.45, 7) is 0. The standard InChI is InChI=1S/C16H13N3O2S/c20-19(21)16-15(22-12-13-7-3-1-4-8-13)11-18(17-16)14-9-5-2-6-10-14/h1-11H,12H2. The molecule has 3 aromatic rings. The average molecular weight is 311 g/mol. The van der Waals surface area contributed by atoms with Crippen LogP contribution in [0, 0.1) is 10.1 Å². The maximum Gasteiger partial charge on any atom is 0.404 e. The van der Waals surface area contributed by atoms with Crippen molar-refractivity contribution < 1.29 is 4.92 Å². The molecule has 0 aliphatic rings. The number of benzene rings is 2. The third-order valence-corrected chi connectivity index (χ3v) is 4.17. The predicted octanol–water partition coefficient (Wildman–Crippen LogP) is 4.07. The summed E-state index contributed by atoms with van der Waals surface area (Å²) in [6.07, 6.45) is 1.71. The number of nitro groups is 1. The molecule has 5 nitrogen and oxygen atoms in total. The van der Waals surface area contributed by atoms with E-state index in [4.69, 9.17) is 0 Å². The van der Waals surface area contributed by atoms with Gasteiger partial charge in [0.1, 0.15) is 4.90 Å². The van der Waals surface area contributed by atoms with Gasteiger partial charge >= 0.3 is 5.82 Å². The van der Waals surface area contributed by atoms with E-state index in [1.807, 2.05) is 60.7 Å². The van der Waals surface area contributed by atoms with Crippen LogP contribution in [-0.2, 0) is 5.75 Å². The van der Waals surface area contributed by atoms with Gasteiger partial charge in [0.15, 0.2) is 0 Å². The fourth-order valence-electron chi connectivity index (χ4n) is 2.03. The van der Waals surface area contributed by atoms with E-state index in [1.54, 1.807) is 10.9 Å². The lowest BCUT2D eigenvalue weighted by atomic mass is 10.2. The summed E-state index contributed by atoms with van der Waals surface area (Å²) in [7, 11) is 0. The first-order chi connectivity index (χ1) is 10.7. The fraction of sp³-hybridized carbons (Fsp3) is 0.0625. The number of rotatable bonds is 5. The van der Waals surface area contributed by atoms with E-state index >= 15 is 0 Å². The van der Waals surface area contributed by atoms with Crippen molar-refractivity contribution in [3.8, 4) is 5.69 Å². The zero-order chi connectivity index (χ0) is 15.4. The third-order valence-electron chi connectivity index (χ3n) is 3.09. The summed E-state index contributed by atoms with van der Waals surface area (Å²) in [5, 5.41) is 15.3. The number of thioether (sulfide) groups is 1. The molecule has 0 bridgehead atoms. The summed E-state index contributed by atoms with van der Waals surface area (Å²) in [4.78, 5) is 11.3. The van der Waals surface area contributed by atoms with Crippen molar-refractivity contribution in [1.29, 1.82) is 0 Å². The maximum absolute atomic E-state index is 11.2. The molecule has 110 valence electrons. The Morgan fingerprint density at radius 3 is 2.32 bits per heavy atom. The zero-order valence-electron chi connectivity index (χ0n) is 11.6. The Morgan fingerprint density at radius 1 is 1.05 bits per heavy atom. The summed E-state index contributed by atoms with van der Waals surface area (Å²) in [6, 6.07) is 19.2. The SMILES string of the molecule is O=[N+]([O-])c1nn(-c2ccccc2)cc1SCc1ccccc1. The summed E-state index contributed by atoms with van der Waals surface area (Å²) in [5.74, 6) is 0.562. The van der Waals surface area contributed by atoms with Gasteiger partial charge in [0, 0.05) is 5.75 Å². The van der Waals surface area contributed by atoms with E-state index in [0.717, 1.165) is 11.3 Å². The van der Waals surface area contributed by atoms with E-state index in [2.05, 4.69) is 5.10 Å². The fourth-order valence-corrected chi connectivity index (χ4v) is 2.96. The number of aromatic nitrogens is 2. The molecule has 0 saturated carbocycles. The van der Waals surface area contributed by atoms with Gasteiger partial charge in [-0.3, -0.25) is 0 Å². The van der Waals surface area contributed by atoms with Crippen LogP contribution >= 0.6 is 11.8 Å². The lowest BCUT2D eigenvalue weighted by molar-refractivity contribution is -0.392. The second-order valence-corrected chi connectivity index (χ2v) is 5.65. The maximum atomic E-state index is 11.2. The second kappa shape index (κ2) is 6.44. The Hall–Kier alpha value is -2.60. The van der Waals surface area contributed by atoms with Crippen molar-refractivity contribution in [3.05, 3.63) is 82.5 Å². The Labute approximate surface area is 131 Å². The van der Waals surface area contributed by atoms with Crippen LogP contribution in [0.2, 0.25) is 0 Å². The van der Waals surface area contributed by atoms with E-state index in [9.17, 15) is 10.1 Å². The van der Waals surface area contributed by atoms with Gasteiger partial charge in [-0.25, -0.2) is 0 Å². The summed E-state index contributed by atoms with van der Waals surface area (Å²) >= 11 is 1.42. The first-order valence-electron chi connectivity index (χ1n) is 6.70. The molecule has 0 radical (unpaired) electrons. The molecule has 0 aliphatic carbocycles. The molecule has 0 N–H and O–H groups in total. The lowest BCUT2D eigenvalue weighted by Gasteiger charge is -1.98. The summed E-state index contributed by atoms with van der Waals surface area (Å²) in [5.41, 5.74) is 1.92. The van der Waals surface area contributed by atoms with Crippen LogP contribution in [0.5, 0.6) is 0 Å². The lowest BCUT2D eigenvalue weighted by Crippen LogP contribution is -1.96. The Bertz CT molecular complexity index is 773. The van der Waals surface area contributed by atoms with Gasteiger partial charge < -0.3 is 10.1 Å². The van der Waals surface area contributed by atoms with E-state index in [0.29, 0.717) is 10.6 Å². The number of hydrogen-bond donors (Lipinski definition) is 0. The molecular weight excluding hydrogens is 298 g/mol. The highest BCUT2D eigenvalue weighted by Gasteiger charge is 2.21. The van der Waals surface area contributed by atoms with Crippen LogP contribution in [0.15, 0.2) is 71.8 Å². The molecule has 1 aromatic heterocycles. The minimum atomic E-state index is -0.438. The number of para-hydroxylation sites is 1. The van der Waals surface area contributed by atoms with Crippen LogP contribution in [0.4, 0.5) is 5.82 Å². The molecule has 0 amide bonds. The number of nitrogens with zero attached hydrogens (tertiary/aromatic N) is 3. The van der Waals surface area contributed by atoms with E-state index in [1.165, 1.54) is 11.8 Å². The Morgan fingerprint density at radius 2 is 1.68 bits per heavy atom. The minimum absolute atomic E-state index is 0.107. The normalized spacial score (nSPS) is 10.5. The van der Waals surface area contributed by atoms with Crippen LogP contribution in [-0.4, -0.2) is 14.7 Å². The van der Waals surface area contributed by atoms with Crippen molar-refractivity contribution >= 4 is 17.6 Å². The molecule has 0 atom stereocenters. The van der Waals surface area contributed by atoms with E-state index in [-0.39, 0.29) is 5.82 Å². The van der Waals surface area contributed by atoms with Crippen LogP contribution in [0.1, 0.15) is 5.56 Å². The Balaban J connectivity index is 1.86. The van der Waals surface area contributed by atoms with Crippen LogP contribution < -0.4 is 0 Å². The molecule has 0 aliphatic heterocycles. The molecule has 0 fully saturated rings. The zero-order valence-corrected chi connectivity index (χ0v) is 12.4. The van der Waals surface area contributed by atoms with Crippen molar-refractivity contribution in [2.24, 2.45) is 0 Å². The van der Waals surface area contributed by atoms with Gasteiger partial charge in [-0.1, -0.05) is 48.5 Å². The number of hydrogen-bond acceptors (Lipinski definition) is 4. The first kappa shape index (κ1) is 14.3. The molecule has 3 rings (SSSR count).